The van der Waals surface area contributed by atoms with Gasteiger partial charge in [-0.05, 0) is 37.5 Å². The van der Waals surface area contributed by atoms with Gasteiger partial charge in [-0.2, -0.15) is 0 Å². The Labute approximate surface area is 142 Å². The quantitative estimate of drug-likeness (QED) is 0.773. The molecular weight excluding hydrogens is 314 g/mol. The summed E-state index contributed by atoms with van der Waals surface area (Å²) in [6.07, 6.45) is 1.09. The summed E-state index contributed by atoms with van der Waals surface area (Å²) in [6, 6.07) is 5.62. The third-order valence-corrected chi connectivity index (χ3v) is 4.54. The van der Waals surface area contributed by atoms with Crippen LogP contribution in [0.3, 0.4) is 0 Å². The third kappa shape index (κ3) is 4.86. The molecule has 2 rings (SSSR count). The summed E-state index contributed by atoms with van der Waals surface area (Å²) in [4.78, 5) is 23.6. The molecule has 0 aliphatic carbocycles. The molecule has 0 unspecified atom stereocenters. The second-order valence-electron chi connectivity index (χ2n) is 6.38. The fourth-order valence-corrected chi connectivity index (χ4v) is 2.54. The van der Waals surface area contributed by atoms with E-state index in [2.05, 4.69) is 36.7 Å². The SMILES string of the molecule is CC(C)[C@@H](C)Nc1ccc(Cl)c(C(=O)N[C@H]2CCC(=O)NC2)c1. The molecule has 1 saturated heterocycles. The highest BCUT2D eigenvalue weighted by Crippen LogP contribution is 2.22. The first-order chi connectivity index (χ1) is 10.9. The first kappa shape index (κ1) is 17.6. The van der Waals surface area contributed by atoms with E-state index in [4.69, 9.17) is 11.6 Å². The summed E-state index contributed by atoms with van der Waals surface area (Å²) in [7, 11) is 0. The topological polar surface area (TPSA) is 70.2 Å². The van der Waals surface area contributed by atoms with E-state index in [0.717, 1.165) is 5.69 Å². The van der Waals surface area contributed by atoms with Gasteiger partial charge in [0.05, 0.1) is 10.6 Å². The lowest BCUT2D eigenvalue weighted by Gasteiger charge is -2.24. The Morgan fingerprint density at radius 3 is 2.70 bits per heavy atom. The first-order valence-corrected chi connectivity index (χ1v) is 8.38. The second kappa shape index (κ2) is 7.68. The van der Waals surface area contributed by atoms with Gasteiger partial charge in [0.25, 0.3) is 5.91 Å². The van der Waals surface area contributed by atoms with Crippen LogP contribution >= 0.6 is 11.6 Å². The van der Waals surface area contributed by atoms with Gasteiger partial charge in [-0.25, -0.2) is 0 Å². The number of anilines is 1. The van der Waals surface area contributed by atoms with Crippen LogP contribution in [0.5, 0.6) is 0 Å². The van der Waals surface area contributed by atoms with Crippen LogP contribution in [0.4, 0.5) is 5.69 Å². The van der Waals surface area contributed by atoms with E-state index in [1.54, 1.807) is 12.1 Å². The summed E-state index contributed by atoms with van der Waals surface area (Å²) >= 11 is 6.17. The predicted molar refractivity (Wildman–Crippen MR) is 92.9 cm³/mol. The fourth-order valence-electron chi connectivity index (χ4n) is 2.34. The number of benzene rings is 1. The van der Waals surface area contributed by atoms with E-state index in [0.29, 0.717) is 41.9 Å². The Morgan fingerprint density at radius 1 is 1.35 bits per heavy atom. The summed E-state index contributed by atoms with van der Waals surface area (Å²) in [5.41, 5.74) is 1.32. The van der Waals surface area contributed by atoms with Gasteiger partial charge in [0.2, 0.25) is 5.91 Å². The Kier molecular flexibility index (Phi) is 5.88. The molecule has 3 N–H and O–H groups in total. The highest BCUT2D eigenvalue weighted by molar-refractivity contribution is 6.34. The first-order valence-electron chi connectivity index (χ1n) is 8.00. The van der Waals surface area contributed by atoms with Crippen molar-refractivity contribution in [2.24, 2.45) is 5.92 Å². The Bertz CT molecular complexity index is 579. The van der Waals surface area contributed by atoms with Crippen LogP contribution in [-0.2, 0) is 4.79 Å². The molecule has 0 saturated carbocycles. The molecular formula is C17H24ClN3O2. The molecule has 0 aromatic heterocycles. The van der Waals surface area contributed by atoms with Gasteiger partial charge < -0.3 is 16.0 Å². The zero-order chi connectivity index (χ0) is 17.0. The lowest BCUT2D eigenvalue weighted by molar-refractivity contribution is -0.122. The van der Waals surface area contributed by atoms with Crippen LogP contribution in [0.2, 0.25) is 5.02 Å². The van der Waals surface area contributed by atoms with Crippen molar-refractivity contribution < 1.29 is 9.59 Å². The van der Waals surface area contributed by atoms with Crippen LogP contribution in [0.25, 0.3) is 0 Å². The van der Waals surface area contributed by atoms with Crippen molar-refractivity contribution in [1.82, 2.24) is 10.6 Å². The summed E-state index contributed by atoms with van der Waals surface area (Å²) in [5, 5.41) is 9.49. The monoisotopic (exact) mass is 337 g/mol. The van der Waals surface area contributed by atoms with Crippen molar-refractivity contribution >= 4 is 29.1 Å². The van der Waals surface area contributed by atoms with E-state index < -0.39 is 0 Å². The molecule has 1 fully saturated rings. The van der Waals surface area contributed by atoms with E-state index in [-0.39, 0.29) is 17.9 Å². The Hall–Kier alpha value is -1.75. The summed E-state index contributed by atoms with van der Waals surface area (Å²) < 4.78 is 0. The van der Waals surface area contributed by atoms with Gasteiger partial charge in [0, 0.05) is 30.7 Å². The Morgan fingerprint density at radius 2 is 2.09 bits per heavy atom. The number of hydrogen-bond acceptors (Lipinski definition) is 3. The van der Waals surface area contributed by atoms with Crippen LogP contribution in [0.1, 0.15) is 44.0 Å². The summed E-state index contributed by atoms with van der Waals surface area (Å²) in [6.45, 7) is 6.84. The zero-order valence-electron chi connectivity index (χ0n) is 13.8. The fraction of sp³-hybridized carbons (Fsp3) is 0.529. The van der Waals surface area contributed by atoms with Crippen molar-refractivity contribution in [3.8, 4) is 0 Å². The smallest absolute Gasteiger partial charge is 0.253 e. The molecule has 23 heavy (non-hydrogen) atoms. The van der Waals surface area contributed by atoms with Crippen molar-refractivity contribution in [2.75, 3.05) is 11.9 Å². The molecule has 1 aromatic rings. The molecule has 1 aromatic carbocycles. The number of carbonyl (C=O) groups is 2. The van der Waals surface area contributed by atoms with Gasteiger partial charge in [-0.15, -0.1) is 0 Å². The highest BCUT2D eigenvalue weighted by atomic mass is 35.5. The number of hydrogen-bond donors (Lipinski definition) is 3. The van der Waals surface area contributed by atoms with E-state index in [1.165, 1.54) is 0 Å². The largest absolute Gasteiger partial charge is 0.382 e. The van der Waals surface area contributed by atoms with Crippen LogP contribution in [0, 0.1) is 5.92 Å². The summed E-state index contributed by atoms with van der Waals surface area (Å²) in [5.74, 6) is 0.299. The van der Waals surface area contributed by atoms with E-state index >= 15 is 0 Å². The average molecular weight is 338 g/mol. The standard InChI is InChI=1S/C17H24ClN3O2/c1-10(2)11(3)20-12-4-6-15(18)14(8-12)17(23)21-13-5-7-16(22)19-9-13/h4,6,8,10-11,13,20H,5,7,9H2,1-3H3,(H,19,22)(H,21,23)/t11-,13+/m1/s1. The number of rotatable bonds is 5. The van der Waals surface area contributed by atoms with Crippen LogP contribution in [0.15, 0.2) is 18.2 Å². The highest BCUT2D eigenvalue weighted by Gasteiger charge is 2.21. The lowest BCUT2D eigenvalue weighted by Crippen LogP contribution is -2.47. The minimum Gasteiger partial charge on any atom is -0.382 e. The number of piperidine rings is 1. The zero-order valence-corrected chi connectivity index (χ0v) is 14.5. The minimum atomic E-state index is -0.211. The normalized spacial score (nSPS) is 19.2. The predicted octanol–water partition coefficient (Wildman–Crippen LogP) is 2.80. The molecule has 126 valence electrons. The molecule has 1 aliphatic heterocycles. The van der Waals surface area contributed by atoms with Crippen molar-refractivity contribution in [3.63, 3.8) is 0 Å². The maximum absolute atomic E-state index is 12.5. The molecule has 1 aliphatic rings. The lowest BCUT2D eigenvalue weighted by atomic mass is 10.0. The van der Waals surface area contributed by atoms with E-state index in [1.807, 2.05) is 6.07 Å². The third-order valence-electron chi connectivity index (χ3n) is 4.21. The molecule has 1 heterocycles. The molecule has 2 amide bonds. The second-order valence-corrected chi connectivity index (χ2v) is 6.79. The Balaban J connectivity index is 2.05. The van der Waals surface area contributed by atoms with Gasteiger partial charge in [0.1, 0.15) is 0 Å². The van der Waals surface area contributed by atoms with Crippen molar-refractivity contribution in [3.05, 3.63) is 28.8 Å². The van der Waals surface area contributed by atoms with Crippen LogP contribution < -0.4 is 16.0 Å². The number of halogens is 1. The molecule has 0 spiro atoms. The maximum Gasteiger partial charge on any atom is 0.253 e. The molecule has 0 radical (unpaired) electrons. The number of carbonyl (C=O) groups excluding carboxylic acids is 2. The molecule has 5 nitrogen and oxygen atoms in total. The van der Waals surface area contributed by atoms with Gasteiger partial charge in [-0.3, -0.25) is 9.59 Å². The molecule has 2 atom stereocenters. The van der Waals surface area contributed by atoms with E-state index in [9.17, 15) is 9.59 Å². The molecule has 6 heteroatoms. The number of amides is 2. The van der Waals surface area contributed by atoms with Crippen molar-refractivity contribution in [2.45, 2.75) is 45.7 Å². The van der Waals surface area contributed by atoms with Gasteiger partial charge >= 0.3 is 0 Å². The average Bonchev–Trinajstić information content (AvgIpc) is 2.51. The minimum absolute atomic E-state index is 0.0300. The van der Waals surface area contributed by atoms with Gasteiger partial charge in [0.15, 0.2) is 0 Å². The van der Waals surface area contributed by atoms with Crippen LogP contribution in [-0.4, -0.2) is 30.4 Å². The molecule has 0 bridgehead atoms. The van der Waals surface area contributed by atoms with Gasteiger partial charge in [-0.1, -0.05) is 25.4 Å². The number of nitrogens with one attached hydrogen (secondary N) is 3. The van der Waals surface area contributed by atoms with Crippen molar-refractivity contribution in [1.29, 1.82) is 0 Å². The maximum atomic E-state index is 12.5.